The fraction of sp³-hybridized carbons (Fsp3) is 0.786. The number of hydrogen-bond donors (Lipinski definition) is 1. The third-order valence-electron chi connectivity index (χ3n) is 4.83. The summed E-state index contributed by atoms with van der Waals surface area (Å²) in [6.07, 6.45) is 3.83. The topological polar surface area (TPSA) is 71.4 Å². The third kappa shape index (κ3) is 2.20. The smallest absolute Gasteiger partial charge is 0.303 e. The molecule has 2 rings (SSSR count). The van der Waals surface area contributed by atoms with Crippen molar-refractivity contribution >= 4 is 17.5 Å². The number of hydrogen-bond acceptors (Lipinski definition) is 3. The zero-order valence-electron chi connectivity index (χ0n) is 10.8. The Hall–Kier alpha value is -1.19. The van der Waals surface area contributed by atoms with Crippen molar-refractivity contribution in [2.75, 3.05) is 0 Å². The SMILES string of the molecule is C[C@]12CCC(=O)[C@@H](CCCC(=O)O)[C@@H]1CCC2=O. The fourth-order valence-corrected chi connectivity index (χ4v) is 3.70. The number of aliphatic carboxylic acids is 1. The first-order chi connectivity index (χ1) is 8.45. The van der Waals surface area contributed by atoms with E-state index in [1.807, 2.05) is 6.92 Å². The van der Waals surface area contributed by atoms with Crippen molar-refractivity contribution in [3.05, 3.63) is 0 Å². The van der Waals surface area contributed by atoms with Gasteiger partial charge in [-0.3, -0.25) is 14.4 Å². The Morgan fingerprint density at radius 3 is 2.78 bits per heavy atom. The van der Waals surface area contributed by atoms with Gasteiger partial charge in [-0.2, -0.15) is 0 Å². The molecule has 0 aromatic carbocycles. The van der Waals surface area contributed by atoms with Crippen LogP contribution in [-0.4, -0.2) is 22.6 Å². The van der Waals surface area contributed by atoms with E-state index in [1.165, 1.54) is 0 Å². The molecule has 0 bridgehead atoms. The third-order valence-corrected chi connectivity index (χ3v) is 4.83. The average molecular weight is 252 g/mol. The predicted molar refractivity (Wildman–Crippen MR) is 65.1 cm³/mol. The summed E-state index contributed by atoms with van der Waals surface area (Å²) in [5.74, 6) is -0.223. The van der Waals surface area contributed by atoms with E-state index in [2.05, 4.69) is 0 Å². The zero-order chi connectivity index (χ0) is 13.3. The van der Waals surface area contributed by atoms with Crippen LogP contribution in [0.1, 0.15) is 51.9 Å². The standard InChI is InChI=1S/C14H20O4/c1-14-8-7-11(15)9(3-2-4-13(17)18)10(14)5-6-12(14)16/h9-10H,2-8H2,1H3,(H,17,18)/t9-,10-,14-/m0/s1. The number of carboxylic acids is 1. The molecule has 0 aromatic rings. The number of carboxylic acid groups (broad SMARTS) is 1. The highest BCUT2D eigenvalue weighted by Crippen LogP contribution is 2.52. The lowest BCUT2D eigenvalue weighted by atomic mass is 9.62. The molecule has 3 atom stereocenters. The summed E-state index contributed by atoms with van der Waals surface area (Å²) in [5, 5.41) is 8.65. The number of carbonyl (C=O) groups is 3. The van der Waals surface area contributed by atoms with Crippen molar-refractivity contribution in [3.63, 3.8) is 0 Å². The quantitative estimate of drug-likeness (QED) is 0.832. The Balaban J connectivity index is 2.05. The second kappa shape index (κ2) is 4.82. The molecule has 2 aliphatic rings. The van der Waals surface area contributed by atoms with Crippen molar-refractivity contribution in [1.82, 2.24) is 0 Å². The molecule has 0 aliphatic heterocycles. The summed E-state index contributed by atoms with van der Waals surface area (Å²) in [6, 6.07) is 0. The minimum absolute atomic E-state index is 0.0884. The van der Waals surface area contributed by atoms with Crippen LogP contribution in [0.15, 0.2) is 0 Å². The monoisotopic (exact) mass is 252 g/mol. The largest absolute Gasteiger partial charge is 0.481 e. The van der Waals surface area contributed by atoms with Gasteiger partial charge < -0.3 is 5.11 Å². The van der Waals surface area contributed by atoms with Gasteiger partial charge >= 0.3 is 5.97 Å². The van der Waals surface area contributed by atoms with Gasteiger partial charge in [0.05, 0.1) is 0 Å². The van der Waals surface area contributed by atoms with E-state index < -0.39 is 5.97 Å². The molecule has 2 fully saturated rings. The van der Waals surface area contributed by atoms with E-state index in [4.69, 9.17) is 5.11 Å². The lowest BCUT2D eigenvalue weighted by molar-refractivity contribution is -0.139. The lowest BCUT2D eigenvalue weighted by Crippen LogP contribution is -2.41. The first-order valence-electron chi connectivity index (χ1n) is 6.73. The molecule has 1 N–H and O–H groups in total. The van der Waals surface area contributed by atoms with Crippen LogP contribution >= 0.6 is 0 Å². The van der Waals surface area contributed by atoms with Crippen molar-refractivity contribution in [2.24, 2.45) is 17.3 Å². The average Bonchev–Trinajstić information content (AvgIpc) is 2.60. The summed E-state index contributed by atoms with van der Waals surface area (Å²) in [5.41, 5.74) is -0.318. The number of fused-ring (bicyclic) bond motifs is 1. The maximum atomic E-state index is 12.0. The highest BCUT2D eigenvalue weighted by Gasteiger charge is 2.53. The van der Waals surface area contributed by atoms with Crippen molar-refractivity contribution in [3.8, 4) is 0 Å². The molecule has 0 spiro atoms. The molecule has 2 saturated carbocycles. The van der Waals surface area contributed by atoms with Gasteiger partial charge in [0.2, 0.25) is 0 Å². The van der Waals surface area contributed by atoms with Gasteiger partial charge in [-0.1, -0.05) is 6.92 Å². The maximum Gasteiger partial charge on any atom is 0.303 e. The molecular weight excluding hydrogens is 232 g/mol. The number of rotatable bonds is 4. The van der Waals surface area contributed by atoms with Gasteiger partial charge in [0.1, 0.15) is 11.6 Å². The Morgan fingerprint density at radius 1 is 1.39 bits per heavy atom. The molecule has 0 aromatic heterocycles. The molecular formula is C14H20O4. The molecule has 0 unspecified atom stereocenters. The Kier molecular flexibility index (Phi) is 3.55. The normalized spacial score (nSPS) is 35.6. The zero-order valence-corrected chi connectivity index (χ0v) is 10.8. The number of ketones is 2. The number of Topliss-reactive ketones (excluding diaryl/α,β-unsaturated/α-hetero) is 2. The molecule has 4 nitrogen and oxygen atoms in total. The minimum Gasteiger partial charge on any atom is -0.481 e. The predicted octanol–water partition coefficient (Wildman–Crippen LogP) is 2.21. The van der Waals surface area contributed by atoms with Crippen LogP contribution in [0.2, 0.25) is 0 Å². The first-order valence-corrected chi connectivity index (χ1v) is 6.73. The van der Waals surface area contributed by atoms with Gasteiger partial charge in [0, 0.05) is 30.6 Å². The van der Waals surface area contributed by atoms with Gasteiger partial charge in [0.15, 0.2) is 0 Å². The molecule has 4 heteroatoms. The summed E-state index contributed by atoms with van der Waals surface area (Å²) in [6.45, 7) is 1.99. The van der Waals surface area contributed by atoms with E-state index in [1.54, 1.807) is 0 Å². The van der Waals surface area contributed by atoms with Gasteiger partial charge in [-0.15, -0.1) is 0 Å². The number of carbonyl (C=O) groups excluding carboxylic acids is 2. The second-order valence-electron chi connectivity index (χ2n) is 5.84. The summed E-state index contributed by atoms with van der Waals surface area (Å²) >= 11 is 0. The van der Waals surface area contributed by atoms with Crippen LogP contribution in [0.4, 0.5) is 0 Å². The Labute approximate surface area is 107 Å². The summed E-state index contributed by atoms with van der Waals surface area (Å²) in [4.78, 5) is 34.5. The summed E-state index contributed by atoms with van der Waals surface area (Å²) < 4.78 is 0. The van der Waals surface area contributed by atoms with Crippen LogP contribution < -0.4 is 0 Å². The van der Waals surface area contributed by atoms with E-state index in [9.17, 15) is 14.4 Å². The molecule has 0 saturated heterocycles. The van der Waals surface area contributed by atoms with E-state index in [0.717, 1.165) is 6.42 Å². The molecule has 2 aliphatic carbocycles. The van der Waals surface area contributed by atoms with Crippen LogP contribution in [0.3, 0.4) is 0 Å². The van der Waals surface area contributed by atoms with Crippen molar-refractivity contribution < 1.29 is 19.5 Å². The lowest BCUT2D eigenvalue weighted by Gasteiger charge is -2.39. The Morgan fingerprint density at radius 2 is 2.11 bits per heavy atom. The Bertz CT molecular complexity index is 387. The fourth-order valence-electron chi connectivity index (χ4n) is 3.70. The van der Waals surface area contributed by atoms with Crippen LogP contribution in [0.25, 0.3) is 0 Å². The molecule has 0 radical (unpaired) electrons. The van der Waals surface area contributed by atoms with E-state index in [-0.39, 0.29) is 29.5 Å². The van der Waals surface area contributed by atoms with Gasteiger partial charge in [0.25, 0.3) is 0 Å². The highest BCUT2D eigenvalue weighted by atomic mass is 16.4. The molecule has 0 amide bonds. The maximum absolute atomic E-state index is 12.0. The second-order valence-corrected chi connectivity index (χ2v) is 5.84. The summed E-state index contributed by atoms with van der Waals surface area (Å²) in [7, 11) is 0. The molecule has 0 heterocycles. The van der Waals surface area contributed by atoms with Crippen LogP contribution in [0, 0.1) is 17.3 Å². The van der Waals surface area contributed by atoms with Crippen LogP contribution in [-0.2, 0) is 14.4 Å². The van der Waals surface area contributed by atoms with Crippen molar-refractivity contribution in [2.45, 2.75) is 51.9 Å². The minimum atomic E-state index is -0.816. The first kappa shape index (κ1) is 13.2. The van der Waals surface area contributed by atoms with Crippen LogP contribution in [0.5, 0.6) is 0 Å². The van der Waals surface area contributed by atoms with Crippen molar-refractivity contribution in [1.29, 1.82) is 0 Å². The molecule has 100 valence electrons. The van der Waals surface area contributed by atoms with E-state index >= 15 is 0 Å². The highest BCUT2D eigenvalue weighted by molar-refractivity contribution is 5.92. The van der Waals surface area contributed by atoms with Gasteiger partial charge in [-0.05, 0) is 31.6 Å². The molecule has 18 heavy (non-hydrogen) atoms. The van der Waals surface area contributed by atoms with E-state index in [0.29, 0.717) is 37.9 Å². The van der Waals surface area contributed by atoms with Gasteiger partial charge in [-0.25, -0.2) is 0 Å².